The summed E-state index contributed by atoms with van der Waals surface area (Å²) >= 11 is 0. The van der Waals surface area contributed by atoms with E-state index in [2.05, 4.69) is 13.8 Å². The first-order valence-electron chi connectivity index (χ1n) is 5.46. The fraction of sp³-hybridized carbons (Fsp3) is 0.909. The third-order valence-corrected chi connectivity index (χ3v) is 2.45. The normalized spacial score (nSPS) is 13.5. The number of carboxylic acids is 1. The molecule has 0 heterocycles. The number of likely N-dealkylation sites (N-methyl/N-ethyl adjacent to an activating group) is 1. The summed E-state index contributed by atoms with van der Waals surface area (Å²) in [6, 6.07) is -0.446. The highest BCUT2D eigenvalue weighted by molar-refractivity contribution is 5.72. The average molecular weight is 217 g/mol. The molecule has 15 heavy (non-hydrogen) atoms. The van der Waals surface area contributed by atoms with Gasteiger partial charge in [0.2, 0.25) is 0 Å². The van der Waals surface area contributed by atoms with Crippen LogP contribution in [0.4, 0.5) is 0 Å². The van der Waals surface area contributed by atoms with Crippen LogP contribution in [0.3, 0.4) is 0 Å². The monoisotopic (exact) mass is 217 g/mol. The fourth-order valence-electron chi connectivity index (χ4n) is 1.01. The van der Waals surface area contributed by atoms with E-state index in [1.54, 1.807) is 18.9 Å². The summed E-state index contributed by atoms with van der Waals surface area (Å²) in [6.45, 7) is 8.00. The minimum atomic E-state index is -0.792. The molecule has 0 aromatic heterocycles. The summed E-state index contributed by atoms with van der Waals surface area (Å²) in [5.41, 5.74) is 0. The molecule has 1 atom stereocenters. The van der Waals surface area contributed by atoms with Crippen LogP contribution in [0.25, 0.3) is 0 Å². The number of carbonyl (C=O) groups is 1. The zero-order valence-corrected chi connectivity index (χ0v) is 10.2. The van der Waals surface area contributed by atoms with Crippen molar-refractivity contribution in [2.24, 2.45) is 5.92 Å². The van der Waals surface area contributed by atoms with E-state index in [4.69, 9.17) is 9.84 Å². The van der Waals surface area contributed by atoms with Crippen molar-refractivity contribution in [1.82, 2.24) is 4.90 Å². The topological polar surface area (TPSA) is 49.8 Å². The number of hydrogen-bond acceptors (Lipinski definition) is 3. The molecule has 0 aromatic rings. The lowest BCUT2D eigenvalue weighted by Gasteiger charge is -2.20. The van der Waals surface area contributed by atoms with E-state index in [9.17, 15) is 4.79 Å². The number of ether oxygens (including phenoxy) is 1. The van der Waals surface area contributed by atoms with Gasteiger partial charge in [-0.3, -0.25) is 9.69 Å². The molecule has 0 aromatic carbocycles. The van der Waals surface area contributed by atoms with Crippen LogP contribution in [0.1, 0.15) is 27.2 Å². The van der Waals surface area contributed by atoms with Crippen molar-refractivity contribution < 1.29 is 14.6 Å². The van der Waals surface area contributed by atoms with Gasteiger partial charge in [-0.05, 0) is 26.3 Å². The second kappa shape index (κ2) is 7.65. The first-order chi connectivity index (χ1) is 6.95. The van der Waals surface area contributed by atoms with Crippen molar-refractivity contribution in [2.45, 2.75) is 33.2 Å². The van der Waals surface area contributed by atoms with Crippen LogP contribution in [0.2, 0.25) is 0 Å². The Kier molecular flexibility index (Phi) is 7.34. The van der Waals surface area contributed by atoms with Gasteiger partial charge in [0.25, 0.3) is 0 Å². The van der Waals surface area contributed by atoms with Crippen LogP contribution < -0.4 is 0 Å². The molecule has 1 N–H and O–H groups in total. The van der Waals surface area contributed by atoms with Crippen molar-refractivity contribution in [1.29, 1.82) is 0 Å². The van der Waals surface area contributed by atoms with E-state index in [1.165, 1.54) is 0 Å². The summed E-state index contributed by atoms with van der Waals surface area (Å²) in [7, 11) is 1.80. The van der Waals surface area contributed by atoms with E-state index < -0.39 is 12.0 Å². The van der Waals surface area contributed by atoms with E-state index in [0.29, 0.717) is 19.1 Å². The van der Waals surface area contributed by atoms with Gasteiger partial charge < -0.3 is 9.84 Å². The Morgan fingerprint density at radius 1 is 1.33 bits per heavy atom. The molecule has 0 bridgehead atoms. The summed E-state index contributed by atoms with van der Waals surface area (Å²) in [5, 5.41) is 8.75. The summed E-state index contributed by atoms with van der Waals surface area (Å²) in [6.07, 6.45) is 1.05. The molecule has 0 saturated carbocycles. The lowest BCUT2D eigenvalue weighted by Crippen LogP contribution is -2.37. The molecule has 0 spiro atoms. The van der Waals surface area contributed by atoms with Gasteiger partial charge in [0, 0.05) is 13.2 Å². The average Bonchev–Trinajstić information content (AvgIpc) is 2.15. The van der Waals surface area contributed by atoms with Crippen LogP contribution in [0, 0.1) is 5.92 Å². The maximum Gasteiger partial charge on any atom is 0.320 e. The van der Waals surface area contributed by atoms with Gasteiger partial charge in [-0.25, -0.2) is 0 Å². The Balaban J connectivity index is 3.47. The molecule has 0 amide bonds. The summed E-state index contributed by atoms with van der Waals surface area (Å²) in [4.78, 5) is 12.4. The van der Waals surface area contributed by atoms with Crippen molar-refractivity contribution in [3.63, 3.8) is 0 Å². The number of rotatable bonds is 8. The smallest absolute Gasteiger partial charge is 0.320 e. The minimum absolute atomic E-state index is 0.446. The van der Waals surface area contributed by atoms with Crippen LogP contribution in [0.15, 0.2) is 0 Å². The standard InChI is InChI=1S/C11H23NO3/c1-9(2)5-7-15-8-6-12(4)10(3)11(13)14/h9-10H,5-8H2,1-4H3,(H,13,14). The van der Waals surface area contributed by atoms with Gasteiger partial charge in [0.05, 0.1) is 6.61 Å². The molecule has 0 aliphatic rings. The van der Waals surface area contributed by atoms with E-state index in [1.807, 2.05) is 0 Å². The SMILES string of the molecule is CC(C)CCOCCN(C)C(C)C(=O)O. The molecule has 90 valence electrons. The minimum Gasteiger partial charge on any atom is -0.480 e. The molecule has 0 rings (SSSR count). The Bertz CT molecular complexity index is 183. The van der Waals surface area contributed by atoms with Crippen LogP contribution >= 0.6 is 0 Å². The molecule has 4 nitrogen and oxygen atoms in total. The quantitative estimate of drug-likeness (QED) is 0.625. The second-order valence-electron chi connectivity index (χ2n) is 4.29. The van der Waals surface area contributed by atoms with Gasteiger partial charge in [-0.2, -0.15) is 0 Å². The number of aliphatic carboxylic acids is 1. The Morgan fingerprint density at radius 2 is 1.93 bits per heavy atom. The van der Waals surface area contributed by atoms with Gasteiger partial charge in [-0.1, -0.05) is 13.8 Å². The van der Waals surface area contributed by atoms with Crippen LogP contribution in [-0.2, 0) is 9.53 Å². The van der Waals surface area contributed by atoms with E-state index in [0.717, 1.165) is 13.0 Å². The van der Waals surface area contributed by atoms with Crippen molar-refractivity contribution in [3.05, 3.63) is 0 Å². The number of nitrogens with zero attached hydrogens (tertiary/aromatic N) is 1. The lowest BCUT2D eigenvalue weighted by molar-refractivity contribution is -0.142. The number of hydrogen-bond donors (Lipinski definition) is 1. The van der Waals surface area contributed by atoms with Crippen LogP contribution in [-0.4, -0.2) is 48.8 Å². The lowest BCUT2D eigenvalue weighted by atomic mass is 10.1. The van der Waals surface area contributed by atoms with Gasteiger partial charge in [-0.15, -0.1) is 0 Å². The predicted molar refractivity (Wildman–Crippen MR) is 60.0 cm³/mol. The zero-order valence-electron chi connectivity index (χ0n) is 10.2. The third-order valence-electron chi connectivity index (χ3n) is 2.45. The molecule has 0 fully saturated rings. The summed E-state index contributed by atoms with van der Waals surface area (Å²) in [5.74, 6) is -0.139. The molecule has 0 aliphatic heterocycles. The molecular formula is C11H23NO3. The highest BCUT2D eigenvalue weighted by atomic mass is 16.5. The fourth-order valence-corrected chi connectivity index (χ4v) is 1.01. The van der Waals surface area contributed by atoms with Gasteiger partial charge in [0.1, 0.15) is 6.04 Å². The first kappa shape index (κ1) is 14.4. The Morgan fingerprint density at radius 3 is 2.40 bits per heavy atom. The van der Waals surface area contributed by atoms with Crippen LogP contribution in [0.5, 0.6) is 0 Å². The highest BCUT2D eigenvalue weighted by Gasteiger charge is 2.15. The van der Waals surface area contributed by atoms with Gasteiger partial charge >= 0.3 is 5.97 Å². The van der Waals surface area contributed by atoms with Crippen molar-refractivity contribution in [2.75, 3.05) is 26.8 Å². The molecular weight excluding hydrogens is 194 g/mol. The Hall–Kier alpha value is -0.610. The third kappa shape index (κ3) is 7.33. The summed E-state index contributed by atoms with van der Waals surface area (Å²) < 4.78 is 5.41. The van der Waals surface area contributed by atoms with Gasteiger partial charge in [0.15, 0.2) is 0 Å². The molecule has 1 unspecified atom stereocenters. The van der Waals surface area contributed by atoms with E-state index in [-0.39, 0.29) is 0 Å². The first-order valence-corrected chi connectivity index (χ1v) is 5.46. The molecule has 0 saturated heterocycles. The second-order valence-corrected chi connectivity index (χ2v) is 4.29. The zero-order chi connectivity index (χ0) is 11.8. The molecule has 4 heteroatoms. The maximum atomic E-state index is 10.6. The largest absolute Gasteiger partial charge is 0.480 e. The van der Waals surface area contributed by atoms with Crippen molar-refractivity contribution in [3.8, 4) is 0 Å². The van der Waals surface area contributed by atoms with Crippen molar-refractivity contribution >= 4 is 5.97 Å². The number of carboxylic acid groups (broad SMARTS) is 1. The predicted octanol–water partition coefficient (Wildman–Crippen LogP) is 1.45. The Labute approximate surface area is 92.2 Å². The molecule has 0 radical (unpaired) electrons. The van der Waals surface area contributed by atoms with E-state index >= 15 is 0 Å². The molecule has 0 aliphatic carbocycles. The highest BCUT2D eigenvalue weighted by Crippen LogP contribution is 1.99. The maximum absolute atomic E-state index is 10.6.